The second-order valence-electron chi connectivity index (χ2n) is 3.24. The fraction of sp³-hybridized carbons (Fsp3) is 0.800. The summed E-state index contributed by atoms with van der Waals surface area (Å²) < 4.78 is 0. The topological polar surface area (TPSA) is 12.0 Å². The Kier molecular flexibility index (Phi) is 7.29. The summed E-state index contributed by atoms with van der Waals surface area (Å²) >= 11 is 0. The first-order valence-corrected chi connectivity index (χ1v) is 4.41. The maximum atomic E-state index is 5.10. The van der Waals surface area contributed by atoms with Gasteiger partial charge >= 0.3 is 0 Å². The summed E-state index contributed by atoms with van der Waals surface area (Å²) in [5.74, 6) is 3.43. The van der Waals surface area contributed by atoms with Gasteiger partial charge in [0.1, 0.15) is 0 Å². The van der Waals surface area contributed by atoms with Crippen LogP contribution in [-0.2, 0) is 0 Å². The van der Waals surface area contributed by atoms with E-state index >= 15 is 0 Å². The van der Waals surface area contributed by atoms with Gasteiger partial charge in [-0.2, -0.15) is 0 Å². The predicted octanol–water partition coefficient (Wildman–Crippen LogP) is 2.04. The highest BCUT2D eigenvalue weighted by atomic mass is 14.8. The van der Waals surface area contributed by atoms with Crippen molar-refractivity contribution >= 4 is 0 Å². The van der Waals surface area contributed by atoms with Crippen molar-refractivity contribution in [3.05, 3.63) is 0 Å². The van der Waals surface area contributed by atoms with Crippen molar-refractivity contribution in [2.45, 2.75) is 33.1 Å². The van der Waals surface area contributed by atoms with Crippen LogP contribution >= 0.6 is 0 Å². The number of terminal acetylenes is 1. The highest BCUT2D eigenvalue weighted by Gasteiger charge is 1.92. The van der Waals surface area contributed by atoms with Crippen LogP contribution in [0.25, 0.3) is 0 Å². The van der Waals surface area contributed by atoms with Gasteiger partial charge in [0.05, 0.1) is 0 Å². The molecule has 0 aromatic heterocycles. The maximum Gasteiger partial charge on any atom is 0.0211 e. The quantitative estimate of drug-likeness (QED) is 0.455. The zero-order valence-electron chi connectivity index (χ0n) is 7.69. The lowest BCUT2D eigenvalue weighted by molar-refractivity contribution is 0.530. The molecule has 0 fully saturated rings. The van der Waals surface area contributed by atoms with Crippen LogP contribution in [0.3, 0.4) is 0 Å². The normalized spacial score (nSPS) is 10.0. The second-order valence-corrected chi connectivity index (χ2v) is 3.24. The second kappa shape index (κ2) is 7.63. The molecule has 64 valence electrons. The largest absolute Gasteiger partial charge is 0.316 e. The zero-order chi connectivity index (χ0) is 8.53. The van der Waals surface area contributed by atoms with Gasteiger partial charge in [-0.3, -0.25) is 0 Å². The molecule has 1 nitrogen and oxygen atoms in total. The number of nitrogens with one attached hydrogen (secondary N) is 1. The maximum absolute atomic E-state index is 5.10. The molecule has 0 saturated carbocycles. The van der Waals surface area contributed by atoms with Crippen molar-refractivity contribution in [3.8, 4) is 12.3 Å². The minimum Gasteiger partial charge on any atom is -0.316 e. The molecule has 0 unspecified atom stereocenters. The summed E-state index contributed by atoms with van der Waals surface area (Å²) in [7, 11) is 0. The standard InChI is InChI=1S/C10H19N/c1-4-5-8-11-9-6-7-10(2)3/h1,10-11H,5-9H2,2-3H3. The summed E-state index contributed by atoms with van der Waals surface area (Å²) in [6.07, 6.45) is 8.53. The van der Waals surface area contributed by atoms with Crippen LogP contribution in [0.2, 0.25) is 0 Å². The Morgan fingerprint density at radius 1 is 1.36 bits per heavy atom. The van der Waals surface area contributed by atoms with Crippen molar-refractivity contribution in [2.24, 2.45) is 5.92 Å². The van der Waals surface area contributed by atoms with Gasteiger partial charge in [0.25, 0.3) is 0 Å². The van der Waals surface area contributed by atoms with E-state index in [1.54, 1.807) is 0 Å². The van der Waals surface area contributed by atoms with E-state index in [0.29, 0.717) is 0 Å². The van der Waals surface area contributed by atoms with Crippen LogP contribution in [0.15, 0.2) is 0 Å². The molecule has 0 aliphatic heterocycles. The molecule has 0 aromatic rings. The number of hydrogen-bond acceptors (Lipinski definition) is 1. The Morgan fingerprint density at radius 2 is 2.09 bits per heavy atom. The van der Waals surface area contributed by atoms with Crippen LogP contribution in [0, 0.1) is 18.3 Å². The molecule has 0 bridgehead atoms. The first-order chi connectivity index (χ1) is 5.27. The fourth-order valence-corrected chi connectivity index (χ4v) is 0.921. The van der Waals surface area contributed by atoms with Gasteiger partial charge in [0.2, 0.25) is 0 Å². The Morgan fingerprint density at radius 3 is 2.64 bits per heavy atom. The molecule has 0 rings (SSSR count). The Hall–Kier alpha value is -0.480. The van der Waals surface area contributed by atoms with Gasteiger partial charge in [-0.25, -0.2) is 0 Å². The molecule has 0 aromatic carbocycles. The first-order valence-electron chi connectivity index (χ1n) is 4.41. The average Bonchev–Trinajstić information content (AvgIpc) is 1.96. The predicted molar refractivity (Wildman–Crippen MR) is 50.4 cm³/mol. The number of rotatable bonds is 6. The first kappa shape index (κ1) is 10.5. The van der Waals surface area contributed by atoms with E-state index < -0.39 is 0 Å². The molecule has 1 heteroatoms. The van der Waals surface area contributed by atoms with Crippen LogP contribution in [0.5, 0.6) is 0 Å². The van der Waals surface area contributed by atoms with Crippen LogP contribution < -0.4 is 5.32 Å². The molecule has 0 heterocycles. The molecule has 0 aliphatic carbocycles. The molecule has 1 N–H and O–H groups in total. The third kappa shape index (κ3) is 9.52. The summed E-state index contributed by atoms with van der Waals surface area (Å²) in [5, 5.41) is 3.30. The van der Waals surface area contributed by atoms with E-state index in [4.69, 9.17) is 6.42 Å². The average molecular weight is 153 g/mol. The van der Waals surface area contributed by atoms with Crippen LogP contribution in [-0.4, -0.2) is 13.1 Å². The molecule has 0 spiro atoms. The smallest absolute Gasteiger partial charge is 0.0211 e. The molecule has 0 amide bonds. The summed E-state index contributed by atoms with van der Waals surface area (Å²) in [5.41, 5.74) is 0. The van der Waals surface area contributed by atoms with Crippen molar-refractivity contribution in [1.82, 2.24) is 5.32 Å². The monoisotopic (exact) mass is 153 g/mol. The molecular weight excluding hydrogens is 134 g/mol. The number of hydrogen-bond donors (Lipinski definition) is 1. The molecule has 0 radical (unpaired) electrons. The highest BCUT2D eigenvalue weighted by molar-refractivity contribution is 4.83. The molecule has 11 heavy (non-hydrogen) atoms. The summed E-state index contributed by atoms with van der Waals surface area (Å²) in [6, 6.07) is 0. The molecule has 0 saturated heterocycles. The molecule has 0 aliphatic rings. The van der Waals surface area contributed by atoms with Gasteiger partial charge in [-0.1, -0.05) is 13.8 Å². The zero-order valence-corrected chi connectivity index (χ0v) is 7.69. The summed E-state index contributed by atoms with van der Waals surface area (Å²) in [4.78, 5) is 0. The van der Waals surface area contributed by atoms with Crippen molar-refractivity contribution in [2.75, 3.05) is 13.1 Å². The lowest BCUT2D eigenvalue weighted by atomic mass is 10.1. The van der Waals surface area contributed by atoms with E-state index in [9.17, 15) is 0 Å². The third-order valence-corrected chi connectivity index (χ3v) is 1.58. The van der Waals surface area contributed by atoms with Crippen molar-refractivity contribution in [3.63, 3.8) is 0 Å². The van der Waals surface area contributed by atoms with Gasteiger partial charge < -0.3 is 5.32 Å². The Balaban J connectivity index is 2.86. The highest BCUT2D eigenvalue weighted by Crippen LogP contribution is 2.01. The molecular formula is C10H19N. The van der Waals surface area contributed by atoms with Crippen molar-refractivity contribution in [1.29, 1.82) is 0 Å². The van der Waals surface area contributed by atoms with Crippen LogP contribution in [0.4, 0.5) is 0 Å². The van der Waals surface area contributed by atoms with Crippen molar-refractivity contribution < 1.29 is 0 Å². The van der Waals surface area contributed by atoms with E-state index in [1.807, 2.05) is 0 Å². The van der Waals surface area contributed by atoms with Gasteiger partial charge in [0, 0.05) is 13.0 Å². The molecule has 0 atom stereocenters. The van der Waals surface area contributed by atoms with Crippen LogP contribution in [0.1, 0.15) is 33.1 Å². The Bertz CT molecular complexity index is 111. The fourth-order valence-electron chi connectivity index (χ4n) is 0.921. The lowest BCUT2D eigenvalue weighted by Gasteiger charge is -2.04. The van der Waals surface area contributed by atoms with E-state index in [2.05, 4.69) is 25.1 Å². The van der Waals surface area contributed by atoms with E-state index in [1.165, 1.54) is 12.8 Å². The summed E-state index contributed by atoms with van der Waals surface area (Å²) in [6.45, 7) is 6.58. The SMILES string of the molecule is C#CCCNCCCC(C)C. The minimum absolute atomic E-state index is 0.824. The van der Waals surface area contributed by atoms with Gasteiger partial charge in [-0.05, 0) is 25.3 Å². The van der Waals surface area contributed by atoms with E-state index in [-0.39, 0.29) is 0 Å². The Labute approximate surface area is 70.6 Å². The minimum atomic E-state index is 0.824. The van der Waals surface area contributed by atoms with Gasteiger partial charge in [-0.15, -0.1) is 12.3 Å². The lowest BCUT2D eigenvalue weighted by Crippen LogP contribution is -2.16. The van der Waals surface area contributed by atoms with E-state index in [0.717, 1.165) is 25.4 Å². The van der Waals surface area contributed by atoms with Gasteiger partial charge in [0.15, 0.2) is 0 Å². The third-order valence-electron chi connectivity index (χ3n) is 1.58.